The van der Waals surface area contributed by atoms with Gasteiger partial charge in [0.05, 0.1) is 12.0 Å². The zero-order valence-electron chi connectivity index (χ0n) is 10.5. The molecule has 0 aromatic carbocycles. The highest BCUT2D eigenvalue weighted by atomic mass is 16.5. The number of carboxylic acid groups (broad SMARTS) is 1. The summed E-state index contributed by atoms with van der Waals surface area (Å²) in [6.07, 6.45) is 2.73. The lowest BCUT2D eigenvalue weighted by molar-refractivity contribution is -0.143. The maximum Gasteiger partial charge on any atom is 0.308 e. The summed E-state index contributed by atoms with van der Waals surface area (Å²) < 4.78 is 4.91. The van der Waals surface area contributed by atoms with E-state index in [0.29, 0.717) is 19.4 Å². The fourth-order valence-electron chi connectivity index (χ4n) is 3.16. The van der Waals surface area contributed by atoms with Crippen LogP contribution in [-0.4, -0.2) is 53.7 Å². The van der Waals surface area contributed by atoms with E-state index in [9.17, 15) is 9.59 Å². The Hall–Kier alpha value is -1.14. The molecule has 0 aromatic rings. The lowest BCUT2D eigenvalue weighted by Crippen LogP contribution is -2.47. The zero-order chi connectivity index (χ0) is 13.3. The molecule has 4 unspecified atom stereocenters. The summed E-state index contributed by atoms with van der Waals surface area (Å²) in [7, 11) is 1.57. The van der Waals surface area contributed by atoms with Crippen LogP contribution in [0.3, 0.4) is 0 Å². The molecule has 3 N–H and O–H groups in total. The Balaban J connectivity index is 2.01. The summed E-state index contributed by atoms with van der Waals surface area (Å²) in [5, 5.41) is 9.13. The molecule has 0 aromatic heterocycles. The van der Waals surface area contributed by atoms with Crippen LogP contribution in [0.1, 0.15) is 25.7 Å². The zero-order valence-corrected chi connectivity index (χ0v) is 10.5. The maximum atomic E-state index is 12.2. The minimum absolute atomic E-state index is 0.0668. The first-order valence-corrected chi connectivity index (χ1v) is 6.35. The molecular weight excluding hydrogens is 236 g/mol. The number of ether oxygens (including phenoxy) is 1. The van der Waals surface area contributed by atoms with Crippen LogP contribution in [0.2, 0.25) is 0 Å². The topological polar surface area (TPSA) is 92.9 Å². The van der Waals surface area contributed by atoms with Crippen molar-refractivity contribution >= 4 is 11.9 Å². The lowest BCUT2D eigenvalue weighted by Gasteiger charge is -2.26. The lowest BCUT2D eigenvalue weighted by atomic mass is 9.89. The second-order valence-electron chi connectivity index (χ2n) is 5.11. The van der Waals surface area contributed by atoms with Crippen molar-refractivity contribution < 1.29 is 19.4 Å². The number of nitrogens with zero attached hydrogens (tertiary/aromatic N) is 1. The first-order chi connectivity index (χ1) is 8.56. The Morgan fingerprint density at radius 2 is 2.22 bits per heavy atom. The van der Waals surface area contributed by atoms with E-state index in [2.05, 4.69) is 0 Å². The molecule has 2 bridgehead atoms. The number of hydrogen-bond acceptors (Lipinski definition) is 4. The van der Waals surface area contributed by atoms with Gasteiger partial charge < -0.3 is 20.5 Å². The molecular formula is C12H20N2O4. The molecule has 2 saturated heterocycles. The summed E-state index contributed by atoms with van der Waals surface area (Å²) in [5.74, 6) is -1.34. The van der Waals surface area contributed by atoms with Crippen LogP contribution in [0.25, 0.3) is 0 Å². The van der Waals surface area contributed by atoms with Gasteiger partial charge in [-0.05, 0) is 25.7 Å². The smallest absolute Gasteiger partial charge is 0.308 e. The number of carbonyl (C=O) groups excluding carboxylic acids is 1. The van der Waals surface area contributed by atoms with Gasteiger partial charge in [0, 0.05) is 25.8 Å². The molecule has 2 heterocycles. The molecule has 2 aliphatic rings. The number of hydrogen-bond donors (Lipinski definition) is 2. The van der Waals surface area contributed by atoms with E-state index in [0.717, 1.165) is 12.8 Å². The monoisotopic (exact) mass is 256 g/mol. The third-order valence-electron chi connectivity index (χ3n) is 4.06. The number of amides is 1. The molecule has 1 amide bonds. The summed E-state index contributed by atoms with van der Waals surface area (Å²) in [6, 6.07) is -0.675. The normalized spacial score (nSPS) is 31.7. The molecule has 2 aliphatic heterocycles. The number of carboxylic acids is 1. The molecule has 102 valence electrons. The summed E-state index contributed by atoms with van der Waals surface area (Å²) in [4.78, 5) is 25.1. The Morgan fingerprint density at radius 3 is 2.78 bits per heavy atom. The van der Waals surface area contributed by atoms with Crippen LogP contribution in [0, 0.1) is 5.92 Å². The van der Waals surface area contributed by atoms with Gasteiger partial charge in [-0.25, -0.2) is 0 Å². The number of fused-ring (bicyclic) bond motifs is 2. The largest absolute Gasteiger partial charge is 0.481 e. The third kappa shape index (κ3) is 2.22. The second kappa shape index (κ2) is 5.24. The molecule has 2 rings (SSSR count). The fraction of sp³-hybridized carbons (Fsp3) is 0.833. The van der Waals surface area contributed by atoms with E-state index < -0.39 is 17.9 Å². The molecule has 6 nitrogen and oxygen atoms in total. The number of aliphatic carboxylic acids is 1. The Labute approximate surface area is 106 Å². The van der Waals surface area contributed by atoms with Gasteiger partial charge >= 0.3 is 5.97 Å². The van der Waals surface area contributed by atoms with Crippen LogP contribution in [-0.2, 0) is 14.3 Å². The van der Waals surface area contributed by atoms with E-state index in [-0.39, 0.29) is 18.0 Å². The van der Waals surface area contributed by atoms with Crippen LogP contribution >= 0.6 is 0 Å². The highest BCUT2D eigenvalue weighted by Gasteiger charge is 2.51. The van der Waals surface area contributed by atoms with E-state index >= 15 is 0 Å². The van der Waals surface area contributed by atoms with Gasteiger partial charge in [0.25, 0.3) is 0 Å². The SMILES string of the molecule is COCCC(N)C(=O)N1C2CCC1C(C(=O)O)C2. The summed E-state index contributed by atoms with van der Waals surface area (Å²) in [5.41, 5.74) is 5.84. The standard InChI is InChI=1S/C12H20N2O4/c1-18-5-4-9(13)11(15)14-7-2-3-10(14)8(6-7)12(16)17/h7-10H,2-6,13H2,1H3,(H,16,17). The number of nitrogens with two attached hydrogens (primary N) is 1. The van der Waals surface area contributed by atoms with Crippen molar-refractivity contribution in [1.82, 2.24) is 4.90 Å². The van der Waals surface area contributed by atoms with Crippen molar-refractivity contribution in [3.05, 3.63) is 0 Å². The summed E-state index contributed by atoms with van der Waals surface area (Å²) >= 11 is 0. The molecule has 0 spiro atoms. The average Bonchev–Trinajstić information content (AvgIpc) is 2.92. The second-order valence-corrected chi connectivity index (χ2v) is 5.11. The van der Waals surface area contributed by atoms with Crippen molar-refractivity contribution in [3.63, 3.8) is 0 Å². The van der Waals surface area contributed by atoms with Crippen LogP contribution in [0.4, 0.5) is 0 Å². The number of methoxy groups -OCH3 is 1. The van der Waals surface area contributed by atoms with Gasteiger partial charge in [0.2, 0.25) is 5.91 Å². The van der Waals surface area contributed by atoms with Crippen LogP contribution in [0.5, 0.6) is 0 Å². The Morgan fingerprint density at radius 1 is 1.50 bits per heavy atom. The molecule has 6 heteroatoms. The summed E-state index contributed by atoms with van der Waals surface area (Å²) in [6.45, 7) is 0.443. The molecule has 0 saturated carbocycles. The van der Waals surface area contributed by atoms with Crippen molar-refractivity contribution in [1.29, 1.82) is 0 Å². The molecule has 2 fully saturated rings. The van der Waals surface area contributed by atoms with Gasteiger partial charge in [-0.1, -0.05) is 0 Å². The molecule has 4 atom stereocenters. The van der Waals surface area contributed by atoms with Crippen molar-refractivity contribution in [2.45, 2.75) is 43.8 Å². The third-order valence-corrected chi connectivity index (χ3v) is 4.06. The molecule has 0 aliphatic carbocycles. The minimum Gasteiger partial charge on any atom is -0.481 e. The number of rotatable bonds is 5. The van der Waals surface area contributed by atoms with Crippen molar-refractivity contribution in [2.24, 2.45) is 11.7 Å². The van der Waals surface area contributed by atoms with E-state index in [1.165, 1.54) is 0 Å². The fourth-order valence-corrected chi connectivity index (χ4v) is 3.16. The van der Waals surface area contributed by atoms with Gasteiger partial charge in [-0.3, -0.25) is 9.59 Å². The van der Waals surface area contributed by atoms with Crippen LogP contribution < -0.4 is 5.73 Å². The van der Waals surface area contributed by atoms with Gasteiger partial charge in [0.15, 0.2) is 0 Å². The Bertz CT molecular complexity index is 347. The highest BCUT2D eigenvalue weighted by Crippen LogP contribution is 2.42. The molecule has 18 heavy (non-hydrogen) atoms. The Kier molecular flexibility index (Phi) is 3.87. The predicted molar refractivity (Wildman–Crippen MR) is 63.9 cm³/mol. The predicted octanol–water partition coefficient (Wildman–Crippen LogP) is -0.186. The van der Waals surface area contributed by atoms with Gasteiger partial charge in [-0.15, -0.1) is 0 Å². The first kappa shape index (κ1) is 13.3. The van der Waals surface area contributed by atoms with Crippen LogP contribution in [0.15, 0.2) is 0 Å². The minimum atomic E-state index is -0.800. The van der Waals surface area contributed by atoms with E-state index in [1.54, 1.807) is 12.0 Å². The number of carbonyl (C=O) groups is 2. The average molecular weight is 256 g/mol. The highest BCUT2D eigenvalue weighted by molar-refractivity contribution is 5.84. The molecule has 0 radical (unpaired) electrons. The van der Waals surface area contributed by atoms with Gasteiger partial charge in [0.1, 0.15) is 0 Å². The quantitative estimate of drug-likeness (QED) is 0.711. The maximum absolute atomic E-state index is 12.2. The van der Waals surface area contributed by atoms with Gasteiger partial charge in [-0.2, -0.15) is 0 Å². The first-order valence-electron chi connectivity index (χ1n) is 6.35. The van der Waals surface area contributed by atoms with Crippen molar-refractivity contribution in [2.75, 3.05) is 13.7 Å². The van der Waals surface area contributed by atoms with E-state index in [1.807, 2.05) is 0 Å². The van der Waals surface area contributed by atoms with E-state index in [4.69, 9.17) is 15.6 Å². The van der Waals surface area contributed by atoms with Crippen molar-refractivity contribution in [3.8, 4) is 0 Å².